The second-order valence-electron chi connectivity index (χ2n) is 5.89. The van der Waals surface area contributed by atoms with Gasteiger partial charge in [-0.2, -0.15) is 0 Å². The summed E-state index contributed by atoms with van der Waals surface area (Å²) >= 11 is 6.08. The summed E-state index contributed by atoms with van der Waals surface area (Å²) in [6.07, 6.45) is 2.21. The van der Waals surface area contributed by atoms with E-state index in [2.05, 4.69) is 10.3 Å². The van der Waals surface area contributed by atoms with Gasteiger partial charge in [-0.05, 0) is 47.9 Å². The van der Waals surface area contributed by atoms with E-state index in [1.807, 2.05) is 25.1 Å². The van der Waals surface area contributed by atoms with Crippen molar-refractivity contribution in [2.75, 3.05) is 19.0 Å². The van der Waals surface area contributed by atoms with E-state index >= 15 is 4.39 Å². The Bertz CT molecular complexity index is 897. The molecule has 0 aliphatic carbocycles. The van der Waals surface area contributed by atoms with Gasteiger partial charge >= 0.3 is 0 Å². The number of halogens is 2. The van der Waals surface area contributed by atoms with Gasteiger partial charge in [0.05, 0.1) is 12.7 Å². The highest BCUT2D eigenvalue weighted by atomic mass is 35.5. The number of hydrogen-bond donors (Lipinski definition) is 1. The number of pyridine rings is 1. The van der Waals surface area contributed by atoms with Crippen molar-refractivity contribution in [3.05, 3.63) is 76.7 Å². The minimum Gasteiger partial charge on any atom is -0.496 e. The zero-order valence-electron chi connectivity index (χ0n) is 14.7. The third-order valence-corrected chi connectivity index (χ3v) is 4.33. The van der Waals surface area contributed by atoms with E-state index < -0.39 is 0 Å². The highest BCUT2D eigenvalue weighted by Gasteiger charge is 2.16. The minimum atomic E-state index is -0.303. The molecular formula is C21H20ClFN2O. The molecule has 0 fully saturated rings. The number of methoxy groups -OCH3 is 1. The lowest BCUT2D eigenvalue weighted by Gasteiger charge is -2.14. The predicted octanol–water partition coefficient (Wildman–Crippen LogP) is 5.57. The van der Waals surface area contributed by atoms with Gasteiger partial charge in [0.2, 0.25) is 0 Å². The lowest BCUT2D eigenvalue weighted by Crippen LogP contribution is -2.01. The summed E-state index contributed by atoms with van der Waals surface area (Å²) in [5.74, 6) is 0.989. The van der Waals surface area contributed by atoms with E-state index in [4.69, 9.17) is 16.3 Å². The van der Waals surface area contributed by atoms with Crippen molar-refractivity contribution in [3.63, 3.8) is 0 Å². The first kappa shape index (κ1) is 18.2. The largest absolute Gasteiger partial charge is 0.496 e. The van der Waals surface area contributed by atoms with Crippen molar-refractivity contribution in [3.8, 4) is 16.9 Å². The highest BCUT2D eigenvalue weighted by molar-refractivity contribution is 6.30. The summed E-state index contributed by atoms with van der Waals surface area (Å²) in [5.41, 5.74) is 2.63. The monoisotopic (exact) mass is 370 g/mol. The van der Waals surface area contributed by atoms with Crippen LogP contribution in [0, 0.1) is 5.82 Å². The molecule has 1 aromatic heterocycles. The van der Waals surface area contributed by atoms with Crippen LogP contribution in [0.4, 0.5) is 10.2 Å². The molecule has 3 nitrogen and oxygen atoms in total. The van der Waals surface area contributed by atoms with Gasteiger partial charge in [0.1, 0.15) is 17.4 Å². The van der Waals surface area contributed by atoms with Crippen LogP contribution >= 0.6 is 11.6 Å². The number of nitrogens with one attached hydrogen (secondary N) is 1. The number of hydrogen-bond acceptors (Lipinski definition) is 3. The zero-order chi connectivity index (χ0) is 18.5. The molecule has 0 spiro atoms. The van der Waals surface area contributed by atoms with E-state index in [-0.39, 0.29) is 5.82 Å². The average Bonchev–Trinajstić information content (AvgIpc) is 2.65. The molecule has 1 N–H and O–H groups in total. The number of aromatic nitrogens is 1. The van der Waals surface area contributed by atoms with Crippen molar-refractivity contribution < 1.29 is 9.13 Å². The number of benzene rings is 2. The fourth-order valence-electron chi connectivity index (χ4n) is 2.86. The minimum absolute atomic E-state index is 0.303. The molecule has 0 unspecified atom stereocenters. The first-order valence-electron chi connectivity index (χ1n) is 8.42. The van der Waals surface area contributed by atoms with Gasteiger partial charge in [-0.15, -0.1) is 0 Å². The Kier molecular flexibility index (Phi) is 5.74. The second-order valence-corrected chi connectivity index (χ2v) is 6.32. The predicted molar refractivity (Wildman–Crippen MR) is 105 cm³/mol. The molecule has 0 aliphatic heterocycles. The molecule has 5 heteroatoms. The molecule has 0 saturated heterocycles. The maximum Gasteiger partial charge on any atom is 0.138 e. The molecular weight excluding hydrogens is 351 g/mol. The molecule has 0 saturated carbocycles. The first-order chi connectivity index (χ1) is 12.6. The molecule has 0 atom stereocenters. The Balaban J connectivity index is 1.97. The van der Waals surface area contributed by atoms with Crippen LogP contribution in [-0.2, 0) is 6.42 Å². The SMILES string of the molecule is CCNc1ccc(Cc2ccc(OC)c(-c3cccc(Cl)c3)c2F)cn1. The summed E-state index contributed by atoms with van der Waals surface area (Å²) in [5, 5.41) is 3.70. The quantitative estimate of drug-likeness (QED) is 0.615. The Morgan fingerprint density at radius 3 is 2.65 bits per heavy atom. The standard InChI is InChI=1S/C21H20ClFN2O/c1-3-24-19-10-7-14(13-25-19)11-16-8-9-18(26-2)20(21(16)23)15-5-4-6-17(22)12-15/h4-10,12-13H,3,11H2,1-2H3,(H,24,25). The number of rotatable bonds is 6. The van der Waals surface area contributed by atoms with Gasteiger partial charge in [-0.25, -0.2) is 9.37 Å². The molecule has 2 aromatic carbocycles. The van der Waals surface area contributed by atoms with E-state index in [0.29, 0.717) is 33.9 Å². The Morgan fingerprint density at radius 1 is 1.15 bits per heavy atom. The summed E-state index contributed by atoms with van der Waals surface area (Å²) in [6, 6.07) is 14.5. The molecule has 3 aromatic rings. The third-order valence-electron chi connectivity index (χ3n) is 4.09. The topological polar surface area (TPSA) is 34.1 Å². The smallest absolute Gasteiger partial charge is 0.138 e. The van der Waals surface area contributed by atoms with E-state index in [9.17, 15) is 0 Å². The van der Waals surface area contributed by atoms with Crippen LogP contribution in [0.2, 0.25) is 5.02 Å². The van der Waals surface area contributed by atoms with Crippen LogP contribution in [-0.4, -0.2) is 18.6 Å². The van der Waals surface area contributed by atoms with Crippen molar-refractivity contribution in [2.24, 2.45) is 0 Å². The Hall–Kier alpha value is -2.59. The van der Waals surface area contributed by atoms with Gasteiger partial charge in [0, 0.05) is 24.2 Å². The normalized spacial score (nSPS) is 10.6. The van der Waals surface area contributed by atoms with Gasteiger partial charge < -0.3 is 10.1 Å². The average molecular weight is 371 g/mol. The van der Waals surface area contributed by atoms with Crippen LogP contribution in [0.5, 0.6) is 5.75 Å². The molecule has 0 amide bonds. The van der Waals surface area contributed by atoms with Crippen molar-refractivity contribution >= 4 is 17.4 Å². The lowest BCUT2D eigenvalue weighted by atomic mass is 9.97. The number of anilines is 1. The van der Waals surface area contributed by atoms with Crippen LogP contribution in [0.15, 0.2) is 54.7 Å². The van der Waals surface area contributed by atoms with Crippen molar-refractivity contribution in [2.45, 2.75) is 13.3 Å². The van der Waals surface area contributed by atoms with Gasteiger partial charge in [0.15, 0.2) is 0 Å². The fraction of sp³-hybridized carbons (Fsp3) is 0.190. The van der Waals surface area contributed by atoms with Crippen LogP contribution in [0.3, 0.4) is 0 Å². The second kappa shape index (κ2) is 8.19. The molecule has 134 valence electrons. The van der Waals surface area contributed by atoms with Crippen molar-refractivity contribution in [1.82, 2.24) is 4.98 Å². The van der Waals surface area contributed by atoms with E-state index in [1.165, 1.54) is 7.11 Å². The van der Waals surface area contributed by atoms with E-state index in [0.717, 1.165) is 17.9 Å². The molecule has 0 aliphatic rings. The van der Waals surface area contributed by atoms with Crippen LogP contribution in [0.25, 0.3) is 11.1 Å². The Labute approximate surface area is 157 Å². The molecule has 1 heterocycles. The zero-order valence-corrected chi connectivity index (χ0v) is 15.5. The maximum absolute atomic E-state index is 15.3. The molecule has 3 rings (SSSR count). The van der Waals surface area contributed by atoms with Crippen LogP contribution < -0.4 is 10.1 Å². The summed E-state index contributed by atoms with van der Waals surface area (Å²) in [6.45, 7) is 2.82. The number of nitrogens with zero attached hydrogens (tertiary/aromatic N) is 1. The van der Waals surface area contributed by atoms with E-state index in [1.54, 1.807) is 36.5 Å². The third kappa shape index (κ3) is 3.97. The Morgan fingerprint density at radius 2 is 2.00 bits per heavy atom. The molecule has 0 bridgehead atoms. The van der Waals surface area contributed by atoms with Crippen LogP contribution in [0.1, 0.15) is 18.1 Å². The first-order valence-corrected chi connectivity index (χ1v) is 8.80. The lowest BCUT2D eigenvalue weighted by molar-refractivity contribution is 0.413. The summed E-state index contributed by atoms with van der Waals surface area (Å²) < 4.78 is 20.6. The van der Waals surface area contributed by atoms with Gasteiger partial charge in [0.25, 0.3) is 0 Å². The summed E-state index contributed by atoms with van der Waals surface area (Å²) in [7, 11) is 1.53. The van der Waals surface area contributed by atoms with Gasteiger partial charge in [-0.3, -0.25) is 0 Å². The van der Waals surface area contributed by atoms with Crippen molar-refractivity contribution in [1.29, 1.82) is 0 Å². The summed E-state index contributed by atoms with van der Waals surface area (Å²) in [4.78, 5) is 4.34. The maximum atomic E-state index is 15.3. The number of ether oxygens (including phenoxy) is 1. The fourth-order valence-corrected chi connectivity index (χ4v) is 3.05. The molecule has 0 radical (unpaired) electrons. The van der Waals surface area contributed by atoms with Gasteiger partial charge in [-0.1, -0.05) is 35.9 Å². The molecule has 26 heavy (non-hydrogen) atoms. The highest BCUT2D eigenvalue weighted by Crippen LogP contribution is 2.36.